The molecule has 0 radical (unpaired) electrons. The van der Waals surface area contributed by atoms with E-state index >= 15 is 0 Å². The van der Waals surface area contributed by atoms with Gasteiger partial charge in [-0.3, -0.25) is 0 Å². The quantitative estimate of drug-likeness (QED) is 0.587. The lowest BCUT2D eigenvalue weighted by Gasteiger charge is -2.28. The summed E-state index contributed by atoms with van der Waals surface area (Å²) in [5.74, 6) is 7.64. The van der Waals surface area contributed by atoms with Crippen LogP contribution in [-0.4, -0.2) is 7.11 Å². The third-order valence-electron chi connectivity index (χ3n) is 5.43. The van der Waals surface area contributed by atoms with E-state index in [4.69, 9.17) is 4.74 Å². The fourth-order valence-corrected chi connectivity index (χ4v) is 3.92. The zero-order chi connectivity index (χ0) is 18.4. The predicted octanol–water partition coefficient (Wildman–Crippen LogP) is 6.31. The fraction of sp³-hybridized carbons (Fsp3) is 0.417. The Morgan fingerprint density at radius 1 is 0.962 bits per heavy atom. The van der Waals surface area contributed by atoms with Gasteiger partial charge in [-0.25, -0.2) is 4.39 Å². The molecule has 1 saturated carbocycles. The van der Waals surface area contributed by atoms with Crippen molar-refractivity contribution in [1.82, 2.24) is 0 Å². The number of halogens is 1. The van der Waals surface area contributed by atoms with E-state index < -0.39 is 0 Å². The van der Waals surface area contributed by atoms with Crippen LogP contribution in [0.4, 0.5) is 4.39 Å². The molecule has 0 saturated heterocycles. The van der Waals surface area contributed by atoms with Gasteiger partial charge < -0.3 is 4.74 Å². The Morgan fingerprint density at radius 3 is 2.23 bits per heavy atom. The minimum Gasteiger partial charge on any atom is -0.494 e. The number of ether oxygens (including phenoxy) is 1. The Hall–Kier alpha value is -2.27. The van der Waals surface area contributed by atoms with Crippen molar-refractivity contribution < 1.29 is 9.13 Å². The molecule has 0 bridgehead atoms. The molecule has 0 aromatic heterocycles. The molecule has 2 aromatic carbocycles. The lowest BCUT2D eigenvalue weighted by molar-refractivity contribution is 0.308. The van der Waals surface area contributed by atoms with Gasteiger partial charge in [0.2, 0.25) is 0 Å². The van der Waals surface area contributed by atoms with Crippen LogP contribution in [0, 0.1) is 23.6 Å². The average molecular weight is 350 g/mol. The van der Waals surface area contributed by atoms with Gasteiger partial charge >= 0.3 is 0 Å². The molecule has 0 unspecified atom stereocenters. The highest BCUT2D eigenvalue weighted by atomic mass is 19.1. The summed E-state index contributed by atoms with van der Waals surface area (Å²) >= 11 is 0. The fourth-order valence-electron chi connectivity index (χ4n) is 3.92. The molecule has 0 N–H and O–H groups in total. The number of rotatable bonds is 4. The maximum Gasteiger partial charge on any atom is 0.166 e. The molecule has 0 amide bonds. The summed E-state index contributed by atoms with van der Waals surface area (Å²) in [5, 5.41) is 0. The van der Waals surface area contributed by atoms with Crippen LogP contribution in [0.1, 0.15) is 68.1 Å². The normalized spacial score (nSPS) is 19.5. The first kappa shape index (κ1) is 18.5. The number of methoxy groups -OCH3 is 1. The van der Waals surface area contributed by atoms with Crippen LogP contribution in [0.3, 0.4) is 0 Å². The highest BCUT2D eigenvalue weighted by Gasteiger charge is 2.21. The van der Waals surface area contributed by atoms with Crippen molar-refractivity contribution in [3.8, 4) is 17.6 Å². The largest absolute Gasteiger partial charge is 0.494 e. The van der Waals surface area contributed by atoms with Gasteiger partial charge in [0.15, 0.2) is 11.6 Å². The maximum absolute atomic E-state index is 13.7. The Labute approximate surface area is 156 Å². The molecule has 0 atom stereocenters. The summed E-state index contributed by atoms with van der Waals surface area (Å²) in [7, 11) is 1.46. The summed E-state index contributed by atoms with van der Waals surface area (Å²) in [6.45, 7) is 2.28. The van der Waals surface area contributed by atoms with Crippen molar-refractivity contribution in [2.75, 3.05) is 7.11 Å². The molecular weight excluding hydrogens is 323 g/mol. The van der Waals surface area contributed by atoms with E-state index in [-0.39, 0.29) is 11.6 Å². The average Bonchev–Trinajstić information content (AvgIpc) is 2.68. The molecule has 0 heterocycles. The van der Waals surface area contributed by atoms with E-state index in [1.807, 2.05) is 0 Å². The van der Waals surface area contributed by atoms with Crippen molar-refractivity contribution >= 4 is 0 Å². The second-order valence-corrected chi connectivity index (χ2v) is 7.23. The molecule has 136 valence electrons. The lowest BCUT2D eigenvalue weighted by Crippen LogP contribution is -2.13. The zero-order valence-corrected chi connectivity index (χ0v) is 15.7. The van der Waals surface area contributed by atoms with Crippen LogP contribution in [0.15, 0.2) is 42.5 Å². The first-order valence-corrected chi connectivity index (χ1v) is 9.65. The van der Waals surface area contributed by atoms with Crippen LogP contribution < -0.4 is 4.74 Å². The van der Waals surface area contributed by atoms with Crippen molar-refractivity contribution in [2.45, 2.75) is 51.4 Å². The van der Waals surface area contributed by atoms with E-state index in [1.54, 1.807) is 12.1 Å². The van der Waals surface area contributed by atoms with Crippen LogP contribution in [0.25, 0.3) is 0 Å². The molecule has 0 spiro atoms. The molecule has 1 aliphatic rings. The van der Waals surface area contributed by atoms with E-state index in [0.29, 0.717) is 11.5 Å². The molecule has 1 fully saturated rings. The lowest BCUT2D eigenvalue weighted by atomic mass is 9.77. The van der Waals surface area contributed by atoms with Crippen molar-refractivity contribution in [3.05, 3.63) is 65.0 Å². The molecule has 2 heteroatoms. The first-order valence-electron chi connectivity index (χ1n) is 9.65. The molecular formula is C24H27FO. The van der Waals surface area contributed by atoms with Gasteiger partial charge in [0, 0.05) is 11.1 Å². The van der Waals surface area contributed by atoms with Crippen molar-refractivity contribution in [2.24, 2.45) is 5.92 Å². The number of benzene rings is 2. The molecule has 3 rings (SSSR count). The minimum atomic E-state index is -0.381. The van der Waals surface area contributed by atoms with Gasteiger partial charge in [-0.1, -0.05) is 43.7 Å². The molecule has 2 aromatic rings. The highest BCUT2D eigenvalue weighted by Crippen LogP contribution is 2.37. The van der Waals surface area contributed by atoms with Crippen LogP contribution in [-0.2, 0) is 0 Å². The SMILES string of the molecule is CCCC1CCC(c2ccc(C#Cc3ccc(OC)c(F)c3)cc2)CC1. The highest BCUT2D eigenvalue weighted by molar-refractivity contribution is 5.45. The van der Waals surface area contributed by atoms with Crippen molar-refractivity contribution in [1.29, 1.82) is 0 Å². The number of hydrogen-bond donors (Lipinski definition) is 0. The third-order valence-corrected chi connectivity index (χ3v) is 5.43. The van der Waals surface area contributed by atoms with E-state index in [9.17, 15) is 4.39 Å². The Balaban J connectivity index is 1.63. The molecule has 0 aliphatic heterocycles. The minimum absolute atomic E-state index is 0.244. The van der Waals surface area contributed by atoms with Crippen LogP contribution in [0.2, 0.25) is 0 Å². The van der Waals surface area contributed by atoms with Crippen molar-refractivity contribution in [3.63, 3.8) is 0 Å². The van der Waals surface area contributed by atoms with Gasteiger partial charge in [-0.15, -0.1) is 0 Å². The molecule has 1 nitrogen and oxygen atoms in total. The molecule has 26 heavy (non-hydrogen) atoms. The second-order valence-electron chi connectivity index (χ2n) is 7.23. The summed E-state index contributed by atoms with van der Waals surface area (Å²) in [4.78, 5) is 0. The summed E-state index contributed by atoms with van der Waals surface area (Å²) < 4.78 is 18.6. The zero-order valence-electron chi connectivity index (χ0n) is 15.7. The van der Waals surface area contributed by atoms with Crippen LogP contribution in [0.5, 0.6) is 5.75 Å². The van der Waals surface area contributed by atoms with Gasteiger partial charge in [0.1, 0.15) is 0 Å². The van der Waals surface area contributed by atoms with E-state index in [1.165, 1.54) is 57.3 Å². The summed E-state index contributed by atoms with van der Waals surface area (Å²) in [6, 6.07) is 13.4. The Morgan fingerprint density at radius 2 is 1.62 bits per heavy atom. The predicted molar refractivity (Wildman–Crippen MR) is 105 cm³/mol. The van der Waals surface area contributed by atoms with E-state index in [0.717, 1.165) is 11.5 Å². The van der Waals surface area contributed by atoms with Crippen LogP contribution >= 0.6 is 0 Å². The Kier molecular flexibility index (Phi) is 6.34. The third kappa shape index (κ3) is 4.67. The van der Waals surface area contributed by atoms with Gasteiger partial charge in [0.05, 0.1) is 7.11 Å². The van der Waals surface area contributed by atoms with Gasteiger partial charge in [-0.2, -0.15) is 0 Å². The monoisotopic (exact) mass is 350 g/mol. The molecule has 1 aliphatic carbocycles. The summed E-state index contributed by atoms with van der Waals surface area (Å²) in [6.07, 6.45) is 8.03. The number of hydrogen-bond acceptors (Lipinski definition) is 1. The Bertz CT molecular complexity index is 774. The smallest absolute Gasteiger partial charge is 0.166 e. The summed E-state index contributed by atoms with van der Waals surface area (Å²) in [5.41, 5.74) is 3.05. The first-order chi connectivity index (χ1) is 12.7. The topological polar surface area (TPSA) is 9.23 Å². The second kappa shape index (κ2) is 8.90. The van der Waals surface area contributed by atoms with E-state index in [2.05, 4.69) is 43.0 Å². The standard InChI is InChI=1S/C24H27FO/c1-3-4-18-7-12-21(13-8-18)22-14-9-19(10-15-22)5-6-20-11-16-24(26-2)23(25)17-20/h9-11,14-18,21H,3-4,7-8,12-13H2,1-2H3. The maximum atomic E-state index is 13.7. The van der Waals surface area contributed by atoms with Gasteiger partial charge in [-0.05, 0) is 73.4 Å². The van der Waals surface area contributed by atoms with Gasteiger partial charge in [0.25, 0.3) is 0 Å².